The van der Waals surface area contributed by atoms with Gasteiger partial charge in [-0.05, 0) is 30.7 Å². The first-order valence-electron chi connectivity index (χ1n) is 9.36. The molecule has 1 aromatic carbocycles. The highest BCUT2D eigenvalue weighted by molar-refractivity contribution is 5.74. The van der Waals surface area contributed by atoms with Gasteiger partial charge in [0.15, 0.2) is 6.29 Å². The molecule has 2 heterocycles. The van der Waals surface area contributed by atoms with Gasteiger partial charge < -0.3 is 19.4 Å². The highest BCUT2D eigenvalue weighted by atomic mass is 19.1. The summed E-state index contributed by atoms with van der Waals surface area (Å²) in [6.07, 6.45) is 3.48. The molecule has 0 radical (unpaired) electrons. The molecule has 0 bridgehead atoms. The summed E-state index contributed by atoms with van der Waals surface area (Å²) >= 11 is 0. The van der Waals surface area contributed by atoms with Crippen molar-refractivity contribution in [3.63, 3.8) is 0 Å². The number of carbonyl (C=O) groups is 3. The molecule has 1 fully saturated rings. The van der Waals surface area contributed by atoms with Crippen LogP contribution in [0.2, 0.25) is 0 Å². The molecular formula is C21H21F2N3O3. The lowest BCUT2D eigenvalue weighted by molar-refractivity contribution is -0.110. The number of pyridine rings is 1. The number of hydrogen-bond acceptors (Lipinski definition) is 6. The maximum atomic E-state index is 14.6. The van der Waals surface area contributed by atoms with Gasteiger partial charge in [-0.2, -0.15) is 0 Å². The molecule has 6 nitrogen and oxygen atoms in total. The third-order valence-corrected chi connectivity index (χ3v) is 5.07. The van der Waals surface area contributed by atoms with Crippen molar-refractivity contribution >= 4 is 30.4 Å². The first-order valence-corrected chi connectivity index (χ1v) is 9.36. The number of aromatic nitrogens is 1. The molecule has 29 heavy (non-hydrogen) atoms. The number of hydrogen-bond donors (Lipinski definition) is 0. The van der Waals surface area contributed by atoms with E-state index in [1.807, 2.05) is 9.80 Å². The molecule has 1 aliphatic heterocycles. The molecule has 1 atom stereocenters. The van der Waals surface area contributed by atoms with Crippen molar-refractivity contribution in [1.29, 1.82) is 0 Å². The lowest BCUT2D eigenvalue weighted by atomic mass is 9.94. The second-order valence-corrected chi connectivity index (χ2v) is 6.85. The predicted molar refractivity (Wildman–Crippen MR) is 105 cm³/mol. The Morgan fingerprint density at radius 3 is 2.17 bits per heavy atom. The standard InChI is InChI=1S/C21H21F2N3O3/c22-18-10-17(11-19(23)21(18)16(14-29)2-1-9-27)25-5-7-26(8-6-25)20-4-3-15(13-28)12-24-20/h3-4,9-14,16H,1-2,5-8H2. The van der Waals surface area contributed by atoms with Crippen molar-refractivity contribution < 1.29 is 23.2 Å². The fraction of sp³-hybridized carbons (Fsp3) is 0.333. The van der Waals surface area contributed by atoms with E-state index in [2.05, 4.69) is 4.98 Å². The zero-order valence-electron chi connectivity index (χ0n) is 15.8. The van der Waals surface area contributed by atoms with E-state index in [1.54, 1.807) is 12.1 Å². The van der Waals surface area contributed by atoms with Crippen LogP contribution >= 0.6 is 0 Å². The number of aldehydes is 3. The summed E-state index contributed by atoms with van der Waals surface area (Å²) < 4.78 is 29.2. The van der Waals surface area contributed by atoms with Gasteiger partial charge in [0.25, 0.3) is 0 Å². The minimum Gasteiger partial charge on any atom is -0.368 e. The molecule has 2 aromatic rings. The average Bonchev–Trinajstić information content (AvgIpc) is 2.75. The molecule has 0 aliphatic carbocycles. The highest BCUT2D eigenvalue weighted by Crippen LogP contribution is 2.30. The van der Waals surface area contributed by atoms with Crippen molar-refractivity contribution in [1.82, 2.24) is 4.98 Å². The number of rotatable bonds is 8. The summed E-state index contributed by atoms with van der Waals surface area (Å²) in [6, 6.07) is 5.94. The van der Waals surface area contributed by atoms with E-state index >= 15 is 0 Å². The van der Waals surface area contributed by atoms with Crippen LogP contribution in [0.15, 0.2) is 30.5 Å². The Labute approximate surface area is 167 Å². The van der Waals surface area contributed by atoms with E-state index in [9.17, 15) is 23.2 Å². The second kappa shape index (κ2) is 9.36. The number of carbonyl (C=O) groups excluding carboxylic acids is 3. The number of piperazine rings is 1. The maximum Gasteiger partial charge on any atom is 0.151 e. The molecular weight excluding hydrogens is 380 g/mol. The summed E-state index contributed by atoms with van der Waals surface area (Å²) in [5, 5.41) is 0. The van der Waals surface area contributed by atoms with Gasteiger partial charge in [0.1, 0.15) is 30.0 Å². The van der Waals surface area contributed by atoms with Crippen LogP contribution in [0.4, 0.5) is 20.3 Å². The molecule has 8 heteroatoms. The summed E-state index contributed by atoms with van der Waals surface area (Å²) in [5.74, 6) is -1.80. The number of anilines is 2. The van der Waals surface area contributed by atoms with Crippen molar-refractivity contribution in [2.75, 3.05) is 36.0 Å². The third-order valence-electron chi connectivity index (χ3n) is 5.07. The number of halogens is 2. The fourth-order valence-corrected chi connectivity index (χ4v) is 3.48. The quantitative estimate of drug-likeness (QED) is 0.634. The van der Waals surface area contributed by atoms with E-state index < -0.39 is 17.6 Å². The van der Waals surface area contributed by atoms with Crippen LogP contribution in [0.5, 0.6) is 0 Å². The van der Waals surface area contributed by atoms with Gasteiger partial charge >= 0.3 is 0 Å². The minimum absolute atomic E-state index is 0.0634. The minimum atomic E-state index is -0.980. The molecule has 152 valence electrons. The van der Waals surface area contributed by atoms with Crippen LogP contribution < -0.4 is 9.80 Å². The normalized spacial score (nSPS) is 15.1. The zero-order chi connectivity index (χ0) is 20.8. The molecule has 3 rings (SSSR count). The third kappa shape index (κ3) is 4.64. The SMILES string of the molecule is O=CCCC(C=O)c1c(F)cc(N2CCN(c3ccc(C=O)cn3)CC2)cc1F. The van der Waals surface area contributed by atoms with E-state index in [4.69, 9.17) is 0 Å². The van der Waals surface area contributed by atoms with Crippen molar-refractivity contribution in [2.24, 2.45) is 0 Å². The number of benzene rings is 1. The Balaban J connectivity index is 1.71. The van der Waals surface area contributed by atoms with E-state index in [0.717, 1.165) is 12.1 Å². The summed E-state index contributed by atoms with van der Waals surface area (Å²) in [6.45, 7) is 2.29. The van der Waals surface area contributed by atoms with Gasteiger partial charge in [0.05, 0.1) is 0 Å². The topological polar surface area (TPSA) is 70.6 Å². The van der Waals surface area contributed by atoms with Crippen molar-refractivity contribution in [3.05, 3.63) is 53.2 Å². The highest BCUT2D eigenvalue weighted by Gasteiger charge is 2.24. The largest absolute Gasteiger partial charge is 0.368 e. The molecule has 0 amide bonds. The van der Waals surface area contributed by atoms with Crippen LogP contribution in [0.1, 0.15) is 34.7 Å². The molecule has 0 saturated carbocycles. The fourth-order valence-electron chi connectivity index (χ4n) is 3.48. The van der Waals surface area contributed by atoms with Gasteiger partial charge in [0, 0.05) is 61.5 Å². The molecule has 0 N–H and O–H groups in total. The van der Waals surface area contributed by atoms with Crippen LogP contribution in [0.3, 0.4) is 0 Å². The number of nitrogens with zero attached hydrogens (tertiary/aromatic N) is 3. The summed E-state index contributed by atoms with van der Waals surface area (Å²) in [5.41, 5.74) is 0.622. The molecule has 1 aliphatic rings. The lowest BCUT2D eigenvalue weighted by Gasteiger charge is -2.37. The first kappa shape index (κ1) is 20.6. The van der Waals surface area contributed by atoms with Gasteiger partial charge in [-0.3, -0.25) is 4.79 Å². The Morgan fingerprint density at radius 2 is 1.66 bits per heavy atom. The Bertz CT molecular complexity index is 858. The van der Waals surface area contributed by atoms with E-state index in [-0.39, 0.29) is 18.4 Å². The van der Waals surface area contributed by atoms with Crippen LogP contribution in [0.25, 0.3) is 0 Å². The van der Waals surface area contributed by atoms with Gasteiger partial charge in [0.2, 0.25) is 0 Å². The predicted octanol–water partition coefficient (Wildman–Crippen LogP) is 2.76. The van der Waals surface area contributed by atoms with Gasteiger partial charge in [-0.15, -0.1) is 0 Å². The van der Waals surface area contributed by atoms with Crippen molar-refractivity contribution in [2.45, 2.75) is 18.8 Å². The maximum absolute atomic E-state index is 14.6. The summed E-state index contributed by atoms with van der Waals surface area (Å²) in [4.78, 5) is 40.6. The van der Waals surface area contributed by atoms with Crippen LogP contribution in [-0.2, 0) is 9.59 Å². The Morgan fingerprint density at radius 1 is 1.00 bits per heavy atom. The molecule has 1 aromatic heterocycles. The molecule has 1 unspecified atom stereocenters. The average molecular weight is 401 g/mol. The lowest BCUT2D eigenvalue weighted by Crippen LogP contribution is -2.47. The Kier molecular flexibility index (Phi) is 6.64. The second-order valence-electron chi connectivity index (χ2n) is 6.85. The summed E-state index contributed by atoms with van der Waals surface area (Å²) in [7, 11) is 0. The molecule has 1 saturated heterocycles. The zero-order valence-corrected chi connectivity index (χ0v) is 15.8. The monoisotopic (exact) mass is 401 g/mol. The van der Waals surface area contributed by atoms with E-state index in [1.165, 1.54) is 18.3 Å². The van der Waals surface area contributed by atoms with Crippen LogP contribution in [0, 0.1) is 11.6 Å². The first-order chi connectivity index (χ1) is 14.1. The molecule has 0 spiro atoms. The van der Waals surface area contributed by atoms with Crippen molar-refractivity contribution in [3.8, 4) is 0 Å². The van der Waals surface area contributed by atoms with E-state index in [0.29, 0.717) is 50.0 Å². The smallest absolute Gasteiger partial charge is 0.151 e. The van der Waals surface area contributed by atoms with Crippen LogP contribution in [-0.4, -0.2) is 50.0 Å². The van der Waals surface area contributed by atoms with Gasteiger partial charge in [-0.25, -0.2) is 13.8 Å². The van der Waals surface area contributed by atoms with Gasteiger partial charge in [-0.1, -0.05) is 0 Å². The Hall–Kier alpha value is -3.16.